The second-order valence-electron chi connectivity index (χ2n) is 6.57. The van der Waals surface area contributed by atoms with Crippen molar-refractivity contribution in [2.75, 3.05) is 13.1 Å². The van der Waals surface area contributed by atoms with Crippen LogP contribution in [0.3, 0.4) is 0 Å². The van der Waals surface area contributed by atoms with E-state index in [0.29, 0.717) is 17.5 Å². The Hall–Kier alpha value is -2.10. The summed E-state index contributed by atoms with van der Waals surface area (Å²) in [5.74, 6) is 1.20. The molecule has 0 bridgehead atoms. The van der Waals surface area contributed by atoms with E-state index in [2.05, 4.69) is 18.9 Å². The van der Waals surface area contributed by atoms with E-state index in [-0.39, 0.29) is 5.91 Å². The van der Waals surface area contributed by atoms with Crippen LogP contribution in [-0.4, -0.2) is 33.7 Å². The van der Waals surface area contributed by atoms with Gasteiger partial charge < -0.3 is 4.90 Å². The standard InChI is InChI=1S/C18H23N3O/c1-13-9-14(2)12-20(11-13)18(22)17-10-15(3)19-21(17)16-7-5-4-6-8-16/h4-8,10,13-14H,9,11-12H2,1-3H3. The molecule has 0 radical (unpaired) electrons. The minimum atomic E-state index is 0.0860. The number of likely N-dealkylation sites (tertiary alicyclic amines) is 1. The third kappa shape index (κ3) is 2.91. The number of aromatic nitrogens is 2. The van der Waals surface area contributed by atoms with E-state index < -0.39 is 0 Å². The number of hydrogen-bond acceptors (Lipinski definition) is 2. The Labute approximate surface area is 131 Å². The highest BCUT2D eigenvalue weighted by Gasteiger charge is 2.28. The van der Waals surface area contributed by atoms with Crippen molar-refractivity contribution in [1.82, 2.24) is 14.7 Å². The lowest BCUT2D eigenvalue weighted by Gasteiger charge is -2.35. The van der Waals surface area contributed by atoms with Gasteiger partial charge in [-0.05, 0) is 43.4 Å². The summed E-state index contributed by atoms with van der Waals surface area (Å²) in [4.78, 5) is 14.9. The van der Waals surface area contributed by atoms with Gasteiger partial charge in [-0.3, -0.25) is 4.79 Å². The number of para-hydroxylation sites is 1. The first-order valence-corrected chi connectivity index (χ1v) is 7.96. The minimum absolute atomic E-state index is 0.0860. The molecule has 22 heavy (non-hydrogen) atoms. The van der Waals surface area contributed by atoms with Crippen molar-refractivity contribution in [3.8, 4) is 5.69 Å². The number of piperidine rings is 1. The zero-order valence-electron chi connectivity index (χ0n) is 13.5. The molecule has 0 aliphatic carbocycles. The Bertz CT molecular complexity index is 652. The first kappa shape index (κ1) is 14.8. The predicted molar refractivity (Wildman–Crippen MR) is 87.1 cm³/mol. The molecule has 1 aliphatic rings. The summed E-state index contributed by atoms with van der Waals surface area (Å²) in [6.45, 7) is 8.04. The van der Waals surface area contributed by atoms with Gasteiger partial charge in [0.2, 0.25) is 0 Å². The summed E-state index contributed by atoms with van der Waals surface area (Å²) in [7, 11) is 0. The SMILES string of the molecule is Cc1cc(C(=O)N2CC(C)CC(C)C2)n(-c2ccccc2)n1. The molecule has 0 N–H and O–H groups in total. The van der Waals surface area contributed by atoms with Crippen LogP contribution in [0, 0.1) is 18.8 Å². The molecule has 2 heterocycles. The maximum Gasteiger partial charge on any atom is 0.272 e. The molecule has 1 aromatic carbocycles. The summed E-state index contributed by atoms with van der Waals surface area (Å²) in [5, 5.41) is 4.50. The summed E-state index contributed by atoms with van der Waals surface area (Å²) in [6, 6.07) is 11.7. The van der Waals surface area contributed by atoms with Gasteiger partial charge in [-0.25, -0.2) is 4.68 Å². The van der Waals surface area contributed by atoms with Crippen molar-refractivity contribution in [1.29, 1.82) is 0 Å². The van der Waals surface area contributed by atoms with Gasteiger partial charge in [0.25, 0.3) is 5.91 Å². The van der Waals surface area contributed by atoms with Crippen molar-refractivity contribution in [2.45, 2.75) is 27.2 Å². The van der Waals surface area contributed by atoms with Gasteiger partial charge in [0.1, 0.15) is 5.69 Å². The van der Waals surface area contributed by atoms with Crippen LogP contribution >= 0.6 is 0 Å². The van der Waals surface area contributed by atoms with Crippen molar-refractivity contribution in [3.05, 3.63) is 47.8 Å². The highest BCUT2D eigenvalue weighted by molar-refractivity contribution is 5.93. The molecule has 1 aliphatic heterocycles. The summed E-state index contributed by atoms with van der Waals surface area (Å²) < 4.78 is 1.77. The second-order valence-corrected chi connectivity index (χ2v) is 6.57. The first-order chi connectivity index (χ1) is 10.5. The number of rotatable bonds is 2. The Morgan fingerprint density at radius 2 is 1.77 bits per heavy atom. The molecule has 2 atom stereocenters. The second kappa shape index (κ2) is 5.95. The minimum Gasteiger partial charge on any atom is -0.337 e. The fourth-order valence-electron chi connectivity index (χ4n) is 3.41. The van der Waals surface area contributed by atoms with Crippen LogP contribution in [0.2, 0.25) is 0 Å². The smallest absolute Gasteiger partial charge is 0.272 e. The lowest BCUT2D eigenvalue weighted by atomic mass is 9.92. The number of hydrogen-bond donors (Lipinski definition) is 0. The van der Waals surface area contributed by atoms with Crippen LogP contribution in [0.25, 0.3) is 5.69 Å². The fraction of sp³-hybridized carbons (Fsp3) is 0.444. The maximum absolute atomic E-state index is 13.0. The Morgan fingerprint density at radius 3 is 2.41 bits per heavy atom. The molecule has 0 saturated carbocycles. The Kier molecular flexibility index (Phi) is 4.01. The molecule has 2 unspecified atom stereocenters. The number of nitrogens with zero attached hydrogens (tertiary/aromatic N) is 3. The van der Waals surface area contributed by atoms with Gasteiger partial charge in [0.15, 0.2) is 0 Å². The van der Waals surface area contributed by atoms with Crippen LogP contribution < -0.4 is 0 Å². The molecule has 1 fully saturated rings. The van der Waals surface area contributed by atoms with Crippen molar-refractivity contribution in [3.63, 3.8) is 0 Å². The third-order valence-electron chi connectivity index (χ3n) is 4.21. The van der Waals surface area contributed by atoms with Crippen LogP contribution in [0.1, 0.15) is 36.5 Å². The molecular formula is C18H23N3O. The molecule has 2 aromatic rings. The number of carbonyl (C=O) groups excluding carboxylic acids is 1. The third-order valence-corrected chi connectivity index (χ3v) is 4.21. The average molecular weight is 297 g/mol. The zero-order chi connectivity index (χ0) is 15.7. The van der Waals surface area contributed by atoms with E-state index in [9.17, 15) is 4.79 Å². The van der Waals surface area contributed by atoms with Crippen LogP contribution in [-0.2, 0) is 0 Å². The first-order valence-electron chi connectivity index (χ1n) is 7.96. The highest BCUT2D eigenvalue weighted by atomic mass is 16.2. The quantitative estimate of drug-likeness (QED) is 0.853. The van der Waals surface area contributed by atoms with Gasteiger partial charge in [0.05, 0.1) is 11.4 Å². The van der Waals surface area contributed by atoms with Crippen molar-refractivity contribution in [2.24, 2.45) is 11.8 Å². The van der Waals surface area contributed by atoms with Gasteiger partial charge in [-0.15, -0.1) is 0 Å². The molecule has 116 valence electrons. The Morgan fingerprint density at radius 1 is 1.14 bits per heavy atom. The molecular weight excluding hydrogens is 274 g/mol. The number of benzene rings is 1. The lowest BCUT2D eigenvalue weighted by Crippen LogP contribution is -2.43. The molecule has 0 spiro atoms. The highest BCUT2D eigenvalue weighted by Crippen LogP contribution is 2.23. The normalized spacial score (nSPS) is 21.9. The topological polar surface area (TPSA) is 38.1 Å². The van der Waals surface area contributed by atoms with Gasteiger partial charge in [-0.1, -0.05) is 32.0 Å². The molecule has 3 rings (SSSR count). The number of aryl methyl sites for hydroxylation is 1. The van der Waals surface area contributed by atoms with E-state index in [0.717, 1.165) is 24.5 Å². The average Bonchev–Trinajstić information content (AvgIpc) is 2.88. The van der Waals surface area contributed by atoms with E-state index in [1.807, 2.05) is 48.2 Å². The van der Waals surface area contributed by atoms with E-state index in [1.54, 1.807) is 4.68 Å². The maximum atomic E-state index is 13.0. The molecule has 1 saturated heterocycles. The van der Waals surface area contributed by atoms with Crippen LogP contribution in [0.4, 0.5) is 0 Å². The fourth-order valence-corrected chi connectivity index (χ4v) is 3.41. The van der Waals surface area contributed by atoms with Gasteiger partial charge in [0, 0.05) is 13.1 Å². The van der Waals surface area contributed by atoms with Crippen molar-refractivity contribution < 1.29 is 4.79 Å². The van der Waals surface area contributed by atoms with Gasteiger partial charge >= 0.3 is 0 Å². The lowest BCUT2D eigenvalue weighted by molar-refractivity contribution is 0.0614. The molecule has 4 nitrogen and oxygen atoms in total. The molecule has 1 amide bonds. The number of carbonyl (C=O) groups is 1. The molecule has 1 aromatic heterocycles. The summed E-state index contributed by atoms with van der Waals surface area (Å²) in [6.07, 6.45) is 1.20. The van der Waals surface area contributed by atoms with E-state index in [1.165, 1.54) is 6.42 Å². The summed E-state index contributed by atoms with van der Waals surface area (Å²) >= 11 is 0. The van der Waals surface area contributed by atoms with Crippen LogP contribution in [0.15, 0.2) is 36.4 Å². The van der Waals surface area contributed by atoms with E-state index >= 15 is 0 Å². The number of amides is 1. The largest absolute Gasteiger partial charge is 0.337 e. The molecule has 4 heteroatoms. The predicted octanol–water partition coefficient (Wildman–Crippen LogP) is 3.30. The summed E-state index contributed by atoms with van der Waals surface area (Å²) in [5.41, 5.74) is 2.45. The van der Waals surface area contributed by atoms with Crippen LogP contribution in [0.5, 0.6) is 0 Å². The van der Waals surface area contributed by atoms with Crippen molar-refractivity contribution >= 4 is 5.91 Å². The van der Waals surface area contributed by atoms with Gasteiger partial charge in [-0.2, -0.15) is 5.10 Å². The zero-order valence-corrected chi connectivity index (χ0v) is 13.5. The Balaban J connectivity index is 1.93. The monoisotopic (exact) mass is 297 g/mol. The van der Waals surface area contributed by atoms with E-state index in [4.69, 9.17) is 0 Å².